The summed E-state index contributed by atoms with van der Waals surface area (Å²) in [6.45, 7) is 0. The van der Waals surface area contributed by atoms with Crippen LogP contribution in [0.4, 0.5) is 0 Å². The first kappa shape index (κ1) is 33.2. The summed E-state index contributed by atoms with van der Waals surface area (Å²) in [7, 11) is 0. The molecule has 0 atom stereocenters. The fraction of sp³-hybridized carbons (Fsp3) is 0.0192. The van der Waals surface area contributed by atoms with Crippen LogP contribution in [0, 0.1) is 0 Å². The lowest BCUT2D eigenvalue weighted by molar-refractivity contribution is 0.669. The summed E-state index contributed by atoms with van der Waals surface area (Å²) in [6, 6.07) is 74.2. The van der Waals surface area contributed by atoms with Gasteiger partial charge in [0.1, 0.15) is 11.2 Å². The second-order valence-electron chi connectivity index (χ2n) is 14.0. The van der Waals surface area contributed by atoms with Crippen molar-refractivity contribution in [2.24, 2.45) is 0 Å². The SMILES string of the molecule is c1ccc(-c2nc(-c3ccccc3)nc(-c3cccc4oc5ccc(-c6cccc(C(c7ccccc7)(c7ccccc7)c7ccccc7)c6)cc5c34)n2)cc1. The molecule has 0 saturated carbocycles. The molecule has 0 N–H and O–H groups in total. The van der Waals surface area contributed by atoms with Gasteiger partial charge in [0, 0.05) is 27.5 Å². The average Bonchev–Trinajstić information content (AvgIpc) is 3.67. The Balaban J connectivity index is 1.16. The van der Waals surface area contributed by atoms with Gasteiger partial charge in [0.2, 0.25) is 0 Å². The first-order chi connectivity index (χ1) is 27.8. The molecule has 0 bridgehead atoms. The van der Waals surface area contributed by atoms with Crippen molar-refractivity contribution in [2.75, 3.05) is 0 Å². The van der Waals surface area contributed by atoms with Crippen molar-refractivity contribution in [1.82, 2.24) is 15.0 Å². The van der Waals surface area contributed by atoms with Crippen LogP contribution in [-0.4, -0.2) is 15.0 Å². The maximum Gasteiger partial charge on any atom is 0.164 e. The minimum Gasteiger partial charge on any atom is -0.456 e. The fourth-order valence-electron chi connectivity index (χ4n) is 8.12. The summed E-state index contributed by atoms with van der Waals surface area (Å²) in [5.41, 5.74) is 10.8. The van der Waals surface area contributed by atoms with Crippen molar-refractivity contribution in [3.63, 3.8) is 0 Å². The van der Waals surface area contributed by atoms with Gasteiger partial charge in [-0.3, -0.25) is 0 Å². The van der Waals surface area contributed by atoms with E-state index in [9.17, 15) is 0 Å². The highest BCUT2D eigenvalue weighted by Gasteiger charge is 2.38. The Morgan fingerprint density at radius 2 is 0.768 bits per heavy atom. The highest BCUT2D eigenvalue weighted by molar-refractivity contribution is 6.12. The van der Waals surface area contributed by atoms with Crippen molar-refractivity contribution in [1.29, 1.82) is 0 Å². The molecule has 56 heavy (non-hydrogen) atoms. The van der Waals surface area contributed by atoms with Gasteiger partial charge in [-0.1, -0.05) is 188 Å². The van der Waals surface area contributed by atoms with Gasteiger partial charge >= 0.3 is 0 Å². The topological polar surface area (TPSA) is 51.8 Å². The van der Waals surface area contributed by atoms with Crippen LogP contribution in [0.5, 0.6) is 0 Å². The Morgan fingerprint density at radius 3 is 1.32 bits per heavy atom. The lowest BCUT2D eigenvalue weighted by atomic mass is 9.65. The molecule has 0 aliphatic heterocycles. The van der Waals surface area contributed by atoms with E-state index in [0.717, 1.165) is 49.8 Å². The predicted octanol–water partition coefficient (Wildman–Crippen LogP) is 12.8. The van der Waals surface area contributed by atoms with E-state index < -0.39 is 5.41 Å². The van der Waals surface area contributed by atoms with Crippen LogP contribution in [0.3, 0.4) is 0 Å². The standard InChI is InChI=1S/C52H35N3O/c1-6-18-36(19-7-1)49-53-50(37-20-8-2-9-21-37)55-51(54-49)44-30-17-31-47-48(44)45-35-39(32-33-46(45)56-47)38-22-16-29-43(34-38)52(40-23-10-3-11-24-40,41-25-12-4-13-26-41)42-27-14-5-15-28-42/h1-35H. The molecule has 0 unspecified atom stereocenters. The van der Waals surface area contributed by atoms with E-state index in [1.165, 1.54) is 22.3 Å². The monoisotopic (exact) mass is 717 g/mol. The summed E-state index contributed by atoms with van der Waals surface area (Å²) in [6.07, 6.45) is 0. The molecular weight excluding hydrogens is 683 g/mol. The minimum absolute atomic E-state index is 0.551. The molecule has 8 aromatic carbocycles. The third-order valence-corrected chi connectivity index (χ3v) is 10.7. The predicted molar refractivity (Wildman–Crippen MR) is 227 cm³/mol. The van der Waals surface area contributed by atoms with E-state index in [2.05, 4.69) is 140 Å². The highest BCUT2D eigenvalue weighted by atomic mass is 16.3. The Kier molecular flexibility index (Phi) is 8.34. The largest absolute Gasteiger partial charge is 0.456 e. The molecule has 10 rings (SSSR count). The van der Waals surface area contributed by atoms with E-state index in [1.807, 2.05) is 72.8 Å². The summed E-state index contributed by atoms with van der Waals surface area (Å²) >= 11 is 0. The molecule has 0 fully saturated rings. The first-order valence-electron chi connectivity index (χ1n) is 18.9. The quantitative estimate of drug-likeness (QED) is 0.147. The van der Waals surface area contributed by atoms with Crippen molar-refractivity contribution in [3.8, 4) is 45.3 Å². The van der Waals surface area contributed by atoms with Crippen molar-refractivity contribution in [2.45, 2.75) is 5.41 Å². The van der Waals surface area contributed by atoms with Crippen LogP contribution in [-0.2, 0) is 5.41 Å². The van der Waals surface area contributed by atoms with Gasteiger partial charge in [0.25, 0.3) is 0 Å². The lowest BCUT2D eigenvalue weighted by Crippen LogP contribution is -2.31. The number of rotatable bonds is 8. The van der Waals surface area contributed by atoms with E-state index >= 15 is 0 Å². The molecule has 0 radical (unpaired) electrons. The van der Waals surface area contributed by atoms with Crippen LogP contribution in [0.1, 0.15) is 22.3 Å². The zero-order valence-corrected chi connectivity index (χ0v) is 30.5. The molecule has 0 aliphatic rings. The number of hydrogen-bond acceptors (Lipinski definition) is 4. The Bertz CT molecular complexity index is 2790. The van der Waals surface area contributed by atoms with E-state index in [1.54, 1.807) is 0 Å². The number of hydrogen-bond donors (Lipinski definition) is 0. The van der Waals surface area contributed by atoms with Gasteiger partial charge < -0.3 is 4.42 Å². The van der Waals surface area contributed by atoms with E-state index in [4.69, 9.17) is 19.4 Å². The molecule has 0 amide bonds. The number of benzene rings is 8. The van der Waals surface area contributed by atoms with E-state index in [-0.39, 0.29) is 0 Å². The normalized spacial score (nSPS) is 11.6. The maximum atomic E-state index is 6.52. The van der Waals surface area contributed by atoms with Gasteiger partial charge in [-0.15, -0.1) is 0 Å². The van der Waals surface area contributed by atoms with Gasteiger partial charge in [-0.05, 0) is 57.6 Å². The Labute approximate surface area is 325 Å². The van der Waals surface area contributed by atoms with Gasteiger partial charge in [-0.2, -0.15) is 0 Å². The van der Waals surface area contributed by atoms with Crippen LogP contribution < -0.4 is 0 Å². The molecule has 4 nitrogen and oxygen atoms in total. The third-order valence-electron chi connectivity index (χ3n) is 10.7. The van der Waals surface area contributed by atoms with Crippen LogP contribution in [0.15, 0.2) is 217 Å². The zero-order chi connectivity index (χ0) is 37.3. The summed E-state index contributed by atoms with van der Waals surface area (Å²) in [5, 5.41) is 1.97. The molecule has 10 aromatic rings. The van der Waals surface area contributed by atoms with Crippen molar-refractivity contribution in [3.05, 3.63) is 235 Å². The average molecular weight is 718 g/mol. The van der Waals surface area contributed by atoms with E-state index in [0.29, 0.717) is 17.5 Å². The van der Waals surface area contributed by atoms with Crippen LogP contribution in [0.25, 0.3) is 67.2 Å². The molecular formula is C52H35N3O. The van der Waals surface area contributed by atoms with Crippen LogP contribution in [0.2, 0.25) is 0 Å². The third kappa shape index (κ3) is 5.76. The summed E-state index contributed by atoms with van der Waals surface area (Å²) in [4.78, 5) is 15.1. The molecule has 264 valence electrons. The minimum atomic E-state index is -0.551. The number of aromatic nitrogens is 3. The molecule has 0 saturated heterocycles. The van der Waals surface area contributed by atoms with Gasteiger partial charge in [-0.25, -0.2) is 15.0 Å². The lowest BCUT2D eigenvalue weighted by Gasteiger charge is -2.37. The maximum absolute atomic E-state index is 6.52. The second-order valence-corrected chi connectivity index (χ2v) is 14.0. The molecule has 4 heteroatoms. The van der Waals surface area contributed by atoms with Crippen LogP contribution >= 0.6 is 0 Å². The number of furan rings is 1. The smallest absolute Gasteiger partial charge is 0.164 e. The Hall–Kier alpha value is -7.43. The first-order valence-corrected chi connectivity index (χ1v) is 18.9. The molecule has 0 spiro atoms. The zero-order valence-electron chi connectivity index (χ0n) is 30.5. The second kappa shape index (κ2) is 14.1. The van der Waals surface area contributed by atoms with Crippen molar-refractivity contribution < 1.29 is 4.42 Å². The van der Waals surface area contributed by atoms with Crippen molar-refractivity contribution >= 4 is 21.9 Å². The number of nitrogens with zero attached hydrogens (tertiary/aromatic N) is 3. The molecule has 0 aliphatic carbocycles. The molecule has 2 aromatic heterocycles. The Morgan fingerprint density at radius 1 is 0.321 bits per heavy atom. The summed E-state index contributed by atoms with van der Waals surface area (Å²) in [5.74, 6) is 1.84. The number of fused-ring (bicyclic) bond motifs is 3. The highest BCUT2D eigenvalue weighted by Crippen LogP contribution is 2.46. The van der Waals surface area contributed by atoms with Gasteiger partial charge in [0.05, 0.1) is 5.41 Å². The fourth-order valence-corrected chi connectivity index (χ4v) is 8.12. The summed E-state index contributed by atoms with van der Waals surface area (Å²) < 4.78 is 6.52. The molecule has 2 heterocycles. The van der Waals surface area contributed by atoms with Gasteiger partial charge in [0.15, 0.2) is 17.5 Å².